The van der Waals surface area contributed by atoms with Crippen LogP contribution < -0.4 is 15.5 Å². The van der Waals surface area contributed by atoms with Crippen LogP contribution in [0.3, 0.4) is 0 Å². The molecule has 1 unspecified atom stereocenters. The molecule has 1 fully saturated rings. The van der Waals surface area contributed by atoms with Gasteiger partial charge >= 0.3 is 5.97 Å². The molecular weight excluding hydrogens is 298 g/mol. The van der Waals surface area contributed by atoms with Crippen molar-refractivity contribution in [3.8, 4) is 0 Å². The summed E-state index contributed by atoms with van der Waals surface area (Å²) < 4.78 is 4.69. The maximum absolute atomic E-state index is 12.1. The van der Waals surface area contributed by atoms with E-state index in [1.807, 2.05) is 0 Å². The Bertz CT molecular complexity index is 599. The molecule has 0 heterocycles. The van der Waals surface area contributed by atoms with Gasteiger partial charge in [-0.3, -0.25) is 9.59 Å². The molecule has 1 aliphatic rings. The zero-order valence-corrected chi connectivity index (χ0v) is 13.3. The van der Waals surface area contributed by atoms with E-state index in [1.165, 1.54) is 7.11 Å². The van der Waals surface area contributed by atoms with Crippen molar-refractivity contribution < 1.29 is 24.0 Å². The molecule has 7 heteroatoms. The van der Waals surface area contributed by atoms with Gasteiger partial charge in [0.25, 0.3) is 11.8 Å². The zero-order chi connectivity index (χ0) is 16.8. The maximum atomic E-state index is 12.1. The smallest absolute Gasteiger partial charge is 0.339 e. The van der Waals surface area contributed by atoms with Crippen LogP contribution >= 0.6 is 0 Å². The van der Waals surface area contributed by atoms with Crippen LogP contribution in [0.2, 0.25) is 0 Å². The van der Waals surface area contributed by atoms with Gasteiger partial charge < -0.3 is 20.3 Å². The van der Waals surface area contributed by atoms with E-state index in [0.29, 0.717) is 17.3 Å². The lowest BCUT2D eigenvalue weighted by Gasteiger charge is -2.14. The first-order valence-electron chi connectivity index (χ1n) is 7.57. The maximum Gasteiger partial charge on any atom is 0.339 e. The van der Waals surface area contributed by atoms with Crippen molar-refractivity contribution in [3.05, 3.63) is 29.8 Å². The van der Waals surface area contributed by atoms with Crippen LogP contribution in [0, 0.1) is 0 Å². The summed E-state index contributed by atoms with van der Waals surface area (Å²) in [6, 6.07) is 6.96. The standard InChI is InChI=1S/C16H21N3O4/c1-19(9-14(20)17-11-7-8-11)10-15(21)18-13-6-4-3-5-12(13)16(22)23-2/h3-6,11H,7-10H2,1-2H3,(H,17,20)(H,18,21)/p+1. The predicted octanol–water partition coefficient (Wildman–Crippen LogP) is -0.795. The first-order valence-corrected chi connectivity index (χ1v) is 7.57. The summed E-state index contributed by atoms with van der Waals surface area (Å²) >= 11 is 0. The lowest BCUT2D eigenvalue weighted by atomic mass is 10.2. The van der Waals surface area contributed by atoms with E-state index in [2.05, 4.69) is 15.4 Å². The Labute approximate surface area is 135 Å². The summed E-state index contributed by atoms with van der Waals surface area (Å²) in [4.78, 5) is 36.2. The number of anilines is 1. The SMILES string of the molecule is COC(=O)c1ccccc1NC(=O)C[NH+](C)CC(=O)NC1CC1. The Morgan fingerprint density at radius 1 is 1.17 bits per heavy atom. The number of para-hydroxylation sites is 1. The van der Waals surface area contributed by atoms with Gasteiger partial charge in [0.05, 0.1) is 25.4 Å². The van der Waals surface area contributed by atoms with E-state index in [9.17, 15) is 14.4 Å². The van der Waals surface area contributed by atoms with Gasteiger partial charge in [-0.05, 0) is 25.0 Å². The summed E-state index contributed by atoms with van der Waals surface area (Å²) in [7, 11) is 3.07. The number of carbonyl (C=O) groups excluding carboxylic acids is 3. The van der Waals surface area contributed by atoms with Crippen molar-refractivity contribution in [1.29, 1.82) is 0 Å². The van der Waals surface area contributed by atoms with Crippen LogP contribution in [0.4, 0.5) is 5.69 Å². The number of carbonyl (C=O) groups is 3. The molecule has 7 nitrogen and oxygen atoms in total. The molecule has 3 N–H and O–H groups in total. The molecule has 124 valence electrons. The fraction of sp³-hybridized carbons (Fsp3) is 0.438. The second-order valence-corrected chi connectivity index (χ2v) is 5.74. The molecular formula is C16H22N3O4+. The first-order chi connectivity index (χ1) is 11.0. The molecule has 0 aromatic heterocycles. The van der Waals surface area contributed by atoms with Gasteiger partial charge in [-0.15, -0.1) is 0 Å². The second kappa shape index (κ2) is 7.73. The van der Waals surface area contributed by atoms with Crippen LogP contribution in [0.25, 0.3) is 0 Å². The van der Waals surface area contributed by atoms with Gasteiger partial charge in [0.2, 0.25) is 0 Å². The molecule has 1 atom stereocenters. The van der Waals surface area contributed by atoms with E-state index < -0.39 is 5.97 Å². The van der Waals surface area contributed by atoms with E-state index in [1.54, 1.807) is 31.3 Å². The molecule has 2 rings (SSSR count). The molecule has 0 spiro atoms. The van der Waals surface area contributed by atoms with Gasteiger partial charge in [-0.25, -0.2) is 4.79 Å². The zero-order valence-electron chi connectivity index (χ0n) is 13.3. The normalized spacial score (nSPS) is 14.7. The van der Waals surface area contributed by atoms with Crippen molar-refractivity contribution in [2.45, 2.75) is 18.9 Å². The van der Waals surface area contributed by atoms with Crippen molar-refractivity contribution >= 4 is 23.5 Å². The lowest BCUT2D eigenvalue weighted by molar-refractivity contribution is -0.862. The number of amides is 2. The van der Waals surface area contributed by atoms with Crippen LogP contribution in [-0.4, -0.2) is 51.1 Å². The Kier molecular flexibility index (Phi) is 5.70. The summed E-state index contributed by atoms with van der Waals surface area (Å²) in [6.45, 7) is 0.371. The number of ether oxygens (including phenoxy) is 1. The molecule has 1 aromatic rings. The predicted molar refractivity (Wildman–Crippen MR) is 84.2 cm³/mol. The fourth-order valence-electron chi connectivity index (χ4n) is 2.19. The van der Waals surface area contributed by atoms with Gasteiger partial charge in [0.15, 0.2) is 13.1 Å². The average Bonchev–Trinajstić information content (AvgIpc) is 3.30. The monoisotopic (exact) mass is 320 g/mol. The number of esters is 1. The Morgan fingerprint density at radius 3 is 2.48 bits per heavy atom. The Balaban J connectivity index is 1.86. The highest BCUT2D eigenvalue weighted by Crippen LogP contribution is 2.18. The summed E-state index contributed by atoms with van der Waals surface area (Å²) in [5, 5.41) is 5.58. The largest absolute Gasteiger partial charge is 0.465 e. The molecule has 1 aliphatic carbocycles. The van der Waals surface area contributed by atoms with E-state index in [0.717, 1.165) is 17.7 Å². The third-order valence-corrected chi connectivity index (χ3v) is 3.47. The summed E-state index contributed by atoms with van der Waals surface area (Å²) in [5.41, 5.74) is 0.701. The molecule has 0 saturated heterocycles. The number of methoxy groups -OCH3 is 1. The minimum Gasteiger partial charge on any atom is -0.465 e. The topological polar surface area (TPSA) is 88.9 Å². The number of likely N-dealkylation sites (N-methyl/N-ethyl adjacent to an activating group) is 1. The first kappa shape index (κ1) is 17.0. The molecule has 23 heavy (non-hydrogen) atoms. The average molecular weight is 320 g/mol. The molecule has 0 bridgehead atoms. The van der Waals surface area contributed by atoms with Gasteiger partial charge in [-0.2, -0.15) is 0 Å². The van der Waals surface area contributed by atoms with Crippen LogP contribution in [0.1, 0.15) is 23.2 Å². The molecule has 1 saturated carbocycles. The number of hydrogen-bond donors (Lipinski definition) is 3. The van der Waals surface area contributed by atoms with E-state index >= 15 is 0 Å². The van der Waals surface area contributed by atoms with Crippen LogP contribution in [0.5, 0.6) is 0 Å². The number of quaternary nitrogens is 1. The van der Waals surface area contributed by atoms with Crippen molar-refractivity contribution in [3.63, 3.8) is 0 Å². The Hall–Kier alpha value is -2.41. The molecule has 2 amide bonds. The number of rotatable bonds is 7. The highest BCUT2D eigenvalue weighted by molar-refractivity contribution is 6.01. The molecule has 0 radical (unpaired) electrons. The third-order valence-electron chi connectivity index (χ3n) is 3.47. The minimum absolute atomic E-state index is 0.0484. The van der Waals surface area contributed by atoms with E-state index in [4.69, 9.17) is 0 Å². The number of benzene rings is 1. The van der Waals surface area contributed by atoms with Crippen molar-refractivity contribution in [1.82, 2.24) is 5.32 Å². The lowest BCUT2D eigenvalue weighted by Crippen LogP contribution is -3.11. The highest BCUT2D eigenvalue weighted by Gasteiger charge is 2.25. The second-order valence-electron chi connectivity index (χ2n) is 5.74. The number of hydrogen-bond acceptors (Lipinski definition) is 4. The van der Waals surface area contributed by atoms with Crippen molar-refractivity contribution in [2.24, 2.45) is 0 Å². The van der Waals surface area contributed by atoms with Crippen LogP contribution in [0.15, 0.2) is 24.3 Å². The van der Waals surface area contributed by atoms with Gasteiger partial charge in [-0.1, -0.05) is 12.1 Å². The van der Waals surface area contributed by atoms with Gasteiger partial charge in [0, 0.05) is 6.04 Å². The van der Waals surface area contributed by atoms with Crippen molar-refractivity contribution in [2.75, 3.05) is 32.6 Å². The highest BCUT2D eigenvalue weighted by atomic mass is 16.5. The third kappa shape index (κ3) is 5.37. The summed E-state index contributed by atoms with van der Waals surface area (Å²) in [6.07, 6.45) is 2.07. The number of nitrogens with one attached hydrogen (secondary N) is 3. The van der Waals surface area contributed by atoms with E-state index in [-0.39, 0.29) is 24.9 Å². The Morgan fingerprint density at radius 2 is 1.83 bits per heavy atom. The molecule has 1 aromatic carbocycles. The minimum atomic E-state index is -0.509. The fourth-order valence-corrected chi connectivity index (χ4v) is 2.19. The van der Waals surface area contributed by atoms with Gasteiger partial charge in [0.1, 0.15) is 0 Å². The summed E-state index contributed by atoms with van der Waals surface area (Å²) in [5.74, 6) is -0.823. The van der Waals surface area contributed by atoms with Crippen LogP contribution in [-0.2, 0) is 14.3 Å². The molecule has 0 aliphatic heterocycles. The quantitative estimate of drug-likeness (QED) is 0.574.